The molecule has 0 fully saturated rings. The molecule has 0 aliphatic heterocycles. The van der Waals surface area contributed by atoms with Crippen LogP contribution in [0.25, 0.3) is 16.6 Å². The van der Waals surface area contributed by atoms with Crippen LogP contribution in [-0.4, -0.2) is 41.7 Å². The number of ether oxygens (including phenoxy) is 2. The Hall–Kier alpha value is -5.64. The molecule has 0 aliphatic rings. The van der Waals surface area contributed by atoms with E-state index < -0.39 is 17.2 Å². The second kappa shape index (κ2) is 13.6. The lowest BCUT2D eigenvalue weighted by Gasteiger charge is -2.15. The number of hydrogen-bond donors (Lipinski definition) is 2. The highest BCUT2D eigenvalue weighted by atomic mass is 16.5. The monoisotopic (exact) mass is 592 g/mol. The van der Waals surface area contributed by atoms with Crippen molar-refractivity contribution < 1.29 is 19.1 Å². The van der Waals surface area contributed by atoms with Crippen molar-refractivity contribution in [2.75, 3.05) is 26.1 Å². The van der Waals surface area contributed by atoms with E-state index in [1.807, 2.05) is 30.3 Å². The van der Waals surface area contributed by atoms with Gasteiger partial charge in [-0.25, -0.2) is 9.36 Å². The summed E-state index contributed by atoms with van der Waals surface area (Å²) in [6.45, 7) is 0.173. The molecular formula is C34H32N4O6. The molecule has 0 aliphatic carbocycles. The van der Waals surface area contributed by atoms with E-state index in [9.17, 15) is 19.2 Å². The Balaban J connectivity index is 1.36. The zero-order chi connectivity index (χ0) is 31.1. The Morgan fingerprint density at radius 3 is 2.09 bits per heavy atom. The molecule has 4 aromatic carbocycles. The highest BCUT2D eigenvalue weighted by Gasteiger charge is 2.17. The number of hydrogen-bond acceptors (Lipinski definition) is 6. The number of amides is 2. The molecule has 10 heteroatoms. The van der Waals surface area contributed by atoms with E-state index in [-0.39, 0.29) is 24.3 Å². The molecule has 5 rings (SSSR count). The number of para-hydroxylation sites is 1. The summed E-state index contributed by atoms with van der Waals surface area (Å²) in [5.41, 5.74) is 1.78. The van der Waals surface area contributed by atoms with Crippen molar-refractivity contribution in [3.8, 4) is 17.2 Å². The van der Waals surface area contributed by atoms with Gasteiger partial charge in [-0.15, -0.1) is 0 Å². The van der Waals surface area contributed by atoms with E-state index >= 15 is 0 Å². The highest BCUT2D eigenvalue weighted by molar-refractivity contribution is 5.92. The number of carbonyl (C=O) groups is 2. The molecule has 10 nitrogen and oxygen atoms in total. The number of nitrogens with zero attached hydrogens (tertiary/aromatic N) is 2. The fourth-order valence-electron chi connectivity index (χ4n) is 4.93. The van der Waals surface area contributed by atoms with Gasteiger partial charge < -0.3 is 20.1 Å². The Morgan fingerprint density at radius 2 is 1.41 bits per heavy atom. The molecule has 2 amide bonds. The van der Waals surface area contributed by atoms with Gasteiger partial charge in [0, 0.05) is 30.4 Å². The lowest BCUT2D eigenvalue weighted by Crippen LogP contribution is -2.40. The average molecular weight is 593 g/mol. The Labute approximate surface area is 253 Å². The smallest absolute Gasteiger partial charge is 0.336 e. The predicted octanol–water partition coefficient (Wildman–Crippen LogP) is 3.71. The first kappa shape index (κ1) is 29.8. The van der Waals surface area contributed by atoms with Crippen LogP contribution in [0.15, 0.2) is 107 Å². The molecule has 5 aromatic rings. The normalized spacial score (nSPS) is 10.8. The van der Waals surface area contributed by atoms with E-state index in [0.29, 0.717) is 34.9 Å². The van der Waals surface area contributed by atoms with E-state index in [2.05, 4.69) is 10.6 Å². The molecule has 224 valence electrons. The molecule has 0 saturated heterocycles. The minimum Gasteiger partial charge on any atom is -0.497 e. The van der Waals surface area contributed by atoms with Crippen LogP contribution < -0.4 is 31.4 Å². The maximum atomic E-state index is 13.7. The summed E-state index contributed by atoms with van der Waals surface area (Å²) in [7, 11) is 3.01. The quantitative estimate of drug-likeness (QED) is 0.241. The topological polar surface area (TPSA) is 121 Å². The van der Waals surface area contributed by atoms with Crippen molar-refractivity contribution in [1.29, 1.82) is 0 Å². The highest BCUT2D eigenvalue weighted by Crippen LogP contribution is 2.25. The molecule has 0 bridgehead atoms. The van der Waals surface area contributed by atoms with Crippen molar-refractivity contribution in [1.82, 2.24) is 14.5 Å². The number of aromatic nitrogens is 2. The molecule has 1 aromatic heterocycles. The average Bonchev–Trinajstić information content (AvgIpc) is 3.04. The van der Waals surface area contributed by atoms with Crippen LogP contribution in [0.5, 0.6) is 11.5 Å². The lowest BCUT2D eigenvalue weighted by molar-refractivity contribution is -0.120. The van der Waals surface area contributed by atoms with Crippen molar-refractivity contribution in [3.63, 3.8) is 0 Å². The second-order valence-electron chi connectivity index (χ2n) is 10.1. The van der Waals surface area contributed by atoms with Crippen molar-refractivity contribution in [2.45, 2.75) is 19.4 Å². The van der Waals surface area contributed by atoms with E-state index in [1.165, 1.54) is 18.8 Å². The molecule has 0 saturated carbocycles. The molecule has 0 radical (unpaired) electrons. The van der Waals surface area contributed by atoms with Gasteiger partial charge in [-0.2, -0.15) is 0 Å². The van der Waals surface area contributed by atoms with E-state index in [0.717, 1.165) is 22.1 Å². The van der Waals surface area contributed by atoms with Gasteiger partial charge >= 0.3 is 5.69 Å². The van der Waals surface area contributed by atoms with Crippen molar-refractivity contribution >= 4 is 28.4 Å². The minimum atomic E-state index is -0.668. The van der Waals surface area contributed by atoms with E-state index in [4.69, 9.17) is 9.47 Å². The van der Waals surface area contributed by atoms with Crippen LogP contribution in [0.1, 0.15) is 11.1 Å². The number of fused-ring (bicyclic) bond motifs is 1. The van der Waals surface area contributed by atoms with Crippen LogP contribution >= 0.6 is 0 Å². The number of rotatable bonds is 11. The number of nitrogens with one attached hydrogen (secondary N) is 2. The van der Waals surface area contributed by atoms with Gasteiger partial charge in [0.05, 0.1) is 37.2 Å². The first-order valence-electron chi connectivity index (χ1n) is 14.0. The predicted molar refractivity (Wildman–Crippen MR) is 169 cm³/mol. The second-order valence-corrected chi connectivity index (χ2v) is 10.1. The van der Waals surface area contributed by atoms with Gasteiger partial charge in [0.25, 0.3) is 5.56 Å². The number of anilines is 1. The van der Waals surface area contributed by atoms with Gasteiger partial charge in [0.2, 0.25) is 11.8 Å². The summed E-state index contributed by atoms with van der Waals surface area (Å²) in [6, 6.07) is 28.1. The third-order valence-corrected chi connectivity index (χ3v) is 7.13. The lowest BCUT2D eigenvalue weighted by atomic mass is 10.1. The first-order valence-corrected chi connectivity index (χ1v) is 14.0. The maximum Gasteiger partial charge on any atom is 0.336 e. The molecule has 2 N–H and O–H groups in total. The zero-order valence-electron chi connectivity index (χ0n) is 24.4. The minimum absolute atomic E-state index is 0.126. The number of carbonyl (C=O) groups excluding carboxylic acids is 2. The summed E-state index contributed by atoms with van der Waals surface area (Å²) in [5.74, 6) is 0.373. The summed E-state index contributed by atoms with van der Waals surface area (Å²) in [5, 5.41) is 5.97. The Kier molecular flexibility index (Phi) is 9.19. The zero-order valence-corrected chi connectivity index (χ0v) is 24.4. The Bertz CT molecular complexity index is 1890. The third-order valence-electron chi connectivity index (χ3n) is 7.13. The fourth-order valence-corrected chi connectivity index (χ4v) is 4.93. The largest absolute Gasteiger partial charge is 0.497 e. The van der Waals surface area contributed by atoms with Gasteiger partial charge in [0.1, 0.15) is 18.0 Å². The number of methoxy groups -OCH3 is 2. The fraction of sp³-hybridized carbons (Fsp3) is 0.176. The molecule has 0 atom stereocenters. The van der Waals surface area contributed by atoms with Crippen LogP contribution in [0, 0.1) is 0 Å². The standard InChI is InChI=1S/C34H32N4O6/c1-43-27-19-25(20-28(21-27)44-2)36-32(40)22-37-30-11-7-6-10-29(30)33(41)38(34(37)42)26-14-12-24(13-15-26)18-31(39)35-17-16-23-8-4-3-5-9-23/h3-15,19-21H,16-18,22H2,1-2H3,(H,35,39)(H,36,40). The third kappa shape index (κ3) is 6.87. The van der Waals surface area contributed by atoms with Gasteiger partial charge in [-0.05, 0) is 41.8 Å². The molecule has 0 unspecified atom stereocenters. The van der Waals surface area contributed by atoms with Crippen molar-refractivity contribution in [2.24, 2.45) is 0 Å². The van der Waals surface area contributed by atoms with Gasteiger partial charge in [0.15, 0.2) is 0 Å². The van der Waals surface area contributed by atoms with Gasteiger partial charge in [-0.1, -0.05) is 54.6 Å². The molecule has 0 spiro atoms. The maximum absolute atomic E-state index is 13.7. The molecule has 44 heavy (non-hydrogen) atoms. The summed E-state index contributed by atoms with van der Waals surface area (Å²) in [6.07, 6.45) is 0.885. The summed E-state index contributed by atoms with van der Waals surface area (Å²) >= 11 is 0. The van der Waals surface area contributed by atoms with Crippen LogP contribution in [0.4, 0.5) is 5.69 Å². The van der Waals surface area contributed by atoms with E-state index in [1.54, 1.807) is 66.7 Å². The van der Waals surface area contributed by atoms with Crippen molar-refractivity contribution in [3.05, 3.63) is 129 Å². The molecular weight excluding hydrogens is 560 g/mol. The van der Waals surface area contributed by atoms with Crippen LogP contribution in [0.2, 0.25) is 0 Å². The summed E-state index contributed by atoms with van der Waals surface area (Å²) < 4.78 is 12.8. The van der Waals surface area contributed by atoms with Crippen LogP contribution in [-0.2, 0) is 29.0 Å². The molecule has 1 heterocycles. The SMILES string of the molecule is COc1cc(NC(=O)Cn2c(=O)n(-c3ccc(CC(=O)NCCc4ccccc4)cc3)c(=O)c3ccccc32)cc(OC)c1. The van der Waals surface area contributed by atoms with Gasteiger partial charge in [-0.3, -0.25) is 19.0 Å². The number of benzene rings is 4. The van der Waals surface area contributed by atoms with Crippen LogP contribution in [0.3, 0.4) is 0 Å². The summed E-state index contributed by atoms with van der Waals surface area (Å²) in [4.78, 5) is 52.8. The Morgan fingerprint density at radius 1 is 0.750 bits per heavy atom. The first-order chi connectivity index (χ1) is 21.4.